The zero-order chi connectivity index (χ0) is 14.5. The van der Waals surface area contributed by atoms with Gasteiger partial charge >= 0.3 is 0 Å². The second kappa shape index (κ2) is 6.75. The third-order valence-electron chi connectivity index (χ3n) is 4.30. The van der Waals surface area contributed by atoms with Crippen molar-refractivity contribution in [1.82, 2.24) is 4.90 Å². The Morgan fingerprint density at radius 1 is 1.35 bits per heavy atom. The van der Waals surface area contributed by atoms with Crippen molar-refractivity contribution < 1.29 is 4.79 Å². The van der Waals surface area contributed by atoms with Crippen LogP contribution in [0.3, 0.4) is 0 Å². The summed E-state index contributed by atoms with van der Waals surface area (Å²) in [6, 6.07) is 7.71. The molecule has 0 aliphatic heterocycles. The van der Waals surface area contributed by atoms with Gasteiger partial charge < -0.3 is 11.1 Å². The Morgan fingerprint density at radius 3 is 2.70 bits per heavy atom. The number of anilines is 2. The fourth-order valence-corrected chi connectivity index (χ4v) is 2.85. The summed E-state index contributed by atoms with van der Waals surface area (Å²) in [6.45, 7) is 1.97. The lowest BCUT2D eigenvalue weighted by Crippen LogP contribution is -2.46. The summed E-state index contributed by atoms with van der Waals surface area (Å²) >= 11 is 0. The van der Waals surface area contributed by atoms with E-state index in [1.807, 2.05) is 25.1 Å². The van der Waals surface area contributed by atoms with E-state index >= 15 is 0 Å². The number of benzene rings is 1. The fourth-order valence-electron chi connectivity index (χ4n) is 2.85. The van der Waals surface area contributed by atoms with E-state index in [1.165, 1.54) is 32.1 Å². The number of carbonyl (C=O) groups excluding carboxylic acids is 1. The quantitative estimate of drug-likeness (QED) is 0.831. The smallest absolute Gasteiger partial charge is 0.241 e. The zero-order valence-corrected chi connectivity index (χ0v) is 12.4. The van der Waals surface area contributed by atoms with Crippen LogP contribution in [0.5, 0.6) is 0 Å². The lowest BCUT2D eigenvalue weighted by Gasteiger charge is -2.34. The average Bonchev–Trinajstić information content (AvgIpc) is 2.46. The van der Waals surface area contributed by atoms with Gasteiger partial charge in [-0.1, -0.05) is 25.3 Å². The molecule has 1 aromatic rings. The largest absolute Gasteiger partial charge is 0.399 e. The van der Waals surface area contributed by atoms with Crippen LogP contribution in [0, 0.1) is 0 Å². The van der Waals surface area contributed by atoms with Crippen LogP contribution < -0.4 is 11.1 Å². The van der Waals surface area contributed by atoms with E-state index in [0.717, 1.165) is 5.69 Å². The topological polar surface area (TPSA) is 58.4 Å². The van der Waals surface area contributed by atoms with Gasteiger partial charge in [0.1, 0.15) is 0 Å². The van der Waals surface area contributed by atoms with Crippen LogP contribution in [0.4, 0.5) is 11.4 Å². The molecule has 4 nitrogen and oxygen atoms in total. The fraction of sp³-hybridized carbons (Fsp3) is 0.562. The molecule has 1 aliphatic rings. The molecule has 0 bridgehead atoms. The van der Waals surface area contributed by atoms with Crippen molar-refractivity contribution in [1.29, 1.82) is 0 Å². The molecule has 1 saturated carbocycles. The van der Waals surface area contributed by atoms with Crippen LogP contribution in [-0.4, -0.2) is 29.9 Å². The predicted molar refractivity (Wildman–Crippen MR) is 83.6 cm³/mol. The van der Waals surface area contributed by atoms with Gasteiger partial charge in [-0.15, -0.1) is 0 Å². The molecule has 4 heteroatoms. The van der Waals surface area contributed by atoms with Crippen molar-refractivity contribution in [3.8, 4) is 0 Å². The molecule has 3 N–H and O–H groups in total. The van der Waals surface area contributed by atoms with Crippen LogP contribution in [0.1, 0.15) is 39.0 Å². The summed E-state index contributed by atoms with van der Waals surface area (Å²) in [5.41, 5.74) is 7.15. The maximum Gasteiger partial charge on any atom is 0.241 e. The number of amides is 1. The monoisotopic (exact) mass is 275 g/mol. The SMILES string of the molecule is CC(C(=O)Nc1cccc(N)c1)N(C)C1CCCCC1. The summed E-state index contributed by atoms with van der Waals surface area (Å²) in [5, 5.41) is 2.94. The minimum atomic E-state index is -0.125. The molecule has 1 fully saturated rings. The Kier molecular flexibility index (Phi) is 5.01. The van der Waals surface area contributed by atoms with E-state index in [1.54, 1.807) is 6.07 Å². The molecule has 110 valence electrons. The number of nitrogens with two attached hydrogens (primary N) is 1. The van der Waals surface area contributed by atoms with Gasteiger partial charge in [-0.25, -0.2) is 0 Å². The van der Waals surface area contributed by atoms with Gasteiger partial charge in [0.2, 0.25) is 5.91 Å². The standard InChI is InChI=1S/C16H25N3O/c1-12(19(2)15-9-4-3-5-10-15)16(20)18-14-8-6-7-13(17)11-14/h6-8,11-12,15H,3-5,9-10,17H2,1-2H3,(H,18,20). The van der Waals surface area contributed by atoms with Gasteiger partial charge in [-0.3, -0.25) is 9.69 Å². The third kappa shape index (κ3) is 3.73. The number of hydrogen-bond acceptors (Lipinski definition) is 3. The third-order valence-corrected chi connectivity index (χ3v) is 4.30. The van der Waals surface area contributed by atoms with Crippen molar-refractivity contribution in [2.75, 3.05) is 18.1 Å². The molecular formula is C16H25N3O. The van der Waals surface area contributed by atoms with Gasteiger partial charge in [0, 0.05) is 17.4 Å². The lowest BCUT2D eigenvalue weighted by atomic mass is 9.93. The Labute approximate surface area is 121 Å². The van der Waals surface area contributed by atoms with E-state index < -0.39 is 0 Å². The molecule has 2 rings (SSSR count). The number of carbonyl (C=O) groups is 1. The van der Waals surface area contributed by atoms with Crippen molar-refractivity contribution in [2.24, 2.45) is 0 Å². The molecule has 0 aromatic heterocycles. The van der Waals surface area contributed by atoms with E-state index in [9.17, 15) is 4.79 Å². The highest BCUT2D eigenvalue weighted by atomic mass is 16.2. The number of nitrogens with one attached hydrogen (secondary N) is 1. The molecule has 0 saturated heterocycles. The first-order chi connectivity index (χ1) is 9.58. The minimum absolute atomic E-state index is 0.0312. The van der Waals surface area contributed by atoms with Crippen molar-refractivity contribution in [2.45, 2.75) is 51.1 Å². The highest BCUT2D eigenvalue weighted by molar-refractivity contribution is 5.94. The predicted octanol–water partition coefficient (Wildman–Crippen LogP) is 2.86. The summed E-state index contributed by atoms with van der Waals surface area (Å²) in [4.78, 5) is 14.5. The molecule has 0 spiro atoms. The van der Waals surface area contributed by atoms with Crippen molar-refractivity contribution in [3.63, 3.8) is 0 Å². The van der Waals surface area contributed by atoms with E-state index in [-0.39, 0.29) is 11.9 Å². The lowest BCUT2D eigenvalue weighted by molar-refractivity contribution is -0.121. The van der Waals surface area contributed by atoms with Crippen LogP contribution >= 0.6 is 0 Å². The first kappa shape index (κ1) is 14.9. The number of hydrogen-bond donors (Lipinski definition) is 2. The van der Waals surface area contributed by atoms with Crippen LogP contribution in [0.2, 0.25) is 0 Å². The molecule has 1 aromatic carbocycles. The number of nitrogen functional groups attached to an aromatic ring is 1. The molecule has 20 heavy (non-hydrogen) atoms. The second-order valence-electron chi connectivity index (χ2n) is 5.75. The molecular weight excluding hydrogens is 250 g/mol. The molecule has 0 heterocycles. The molecule has 0 radical (unpaired) electrons. The highest BCUT2D eigenvalue weighted by Crippen LogP contribution is 2.23. The van der Waals surface area contributed by atoms with E-state index in [2.05, 4.69) is 17.3 Å². The summed E-state index contributed by atoms with van der Waals surface area (Å²) in [5.74, 6) is 0.0312. The van der Waals surface area contributed by atoms with E-state index in [4.69, 9.17) is 5.73 Å². The van der Waals surface area contributed by atoms with Crippen LogP contribution in [0.15, 0.2) is 24.3 Å². The zero-order valence-electron chi connectivity index (χ0n) is 12.4. The molecule has 1 atom stereocenters. The average molecular weight is 275 g/mol. The summed E-state index contributed by atoms with van der Waals surface area (Å²) in [6.07, 6.45) is 6.28. The Bertz CT molecular complexity index is 455. The molecule has 1 unspecified atom stereocenters. The van der Waals surface area contributed by atoms with Crippen LogP contribution in [0.25, 0.3) is 0 Å². The Hall–Kier alpha value is -1.55. The van der Waals surface area contributed by atoms with Gasteiger partial charge in [0.05, 0.1) is 6.04 Å². The second-order valence-corrected chi connectivity index (χ2v) is 5.75. The normalized spacial score (nSPS) is 17.9. The van der Waals surface area contributed by atoms with Crippen LogP contribution in [-0.2, 0) is 4.79 Å². The van der Waals surface area contributed by atoms with E-state index in [0.29, 0.717) is 11.7 Å². The first-order valence-electron chi connectivity index (χ1n) is 7.46. The summed E-state index contributed by atoms with van der Waals surface area (Å²) in [7, 11) is 2.06. The van der Waals surface area contributed by atoms with Crippen molar-refractivity contribution >= 4 is 17.3 Å². The minimum Gasteiger partial charge on any atom is -0.399 e. The van der Waals surface area contributed by atoms with Gasteiger partial charge in [0.15, 0.2) is 0 Å². The summed E-state index contributed by atoms with van der Waals surface area (Å²) < 4.78 is 0. The highest BCUT2D eigenvalue weighted by Gasteiger charge is 2.26. The van der Waals surface area contributed by atoms with Gasteiger partial charge in [0.25, 0.3) is 0 Å². The Balaban J connectivity index is 1.93. The number of rotatable bonds is 4. The number of likely N-dealkylation sites (N-methyl/N-ethyl adjacent to an activating group) is 1. The van der Waals surface area contributed by atoms with Gasteiger partial charge in [-0.05, 0) is 45.0 Å². The molecule has 1 aliphatic carbocycles. The van der Waals surface area contributed by atoms with Gasteiger partial charge in [-0.2, -0.15) is 0 Å². The maximum atomic E-state index is 12.3. The number of nitrogens with zero attached hydrogens (tertiary/aromatic N) is 1. The maximum absolute atomic E-state index is 12.3. The molecule has 1 amide bonds. The first-order valence-corrected chi connectivity index (χ1v) is 7.46. The Morgan fingerprint density at radius 2 is 2.05 bits per heavy atom. The van der Waals surface area contributed by atoms with Crippen molar-refractivity contribution in [3.05, 3.63) is 24.3 Å².